The van der Waals surface area contributed by atoms with E-state index in [9.17, 15) is 14.7 Å². The van der Waals surface area contributed by atoms with Crippen LogP contribution in [0, 0.1) is 6.92 Å². The molecular weight excluding hydrogens is 460 g/mol. The number of nitrogens with zero attached hydrogens (tertiary/aromatic N) is 2. The van der Waals surface area contributed by atoms with E-state index in [1.807, 2.05) is 19.9 Å². The maximum absolute atomic E-state index is 13.3. The summed E-state index contributed by atoms with van der Waals surface area (Å²) < 4.78 is 16.5. The van der Waals surface area contributed by atoms with Crippen LogP contribution < -0.4 is 14.2 Å². The van der Waals surface area contributed by atoms with Gasteiger partial charge in [0, 0.05) is 24.5 Å². The second-order valence-electron chi connectivity index (χ2n) is 8.32. The minimum absolute atomic E-state index is 0.000305. The molecule has 1 N–H and O–H groups in total. The quantitative estimate of drug-likeness (QED) is 0.285. The number of aliphatic hydroxyl groups is 1. The van der Waals surface area contributed by atoms with E-state index in [4.69, 9.17) is 14.2 Å². The zero-order valence-corrected chi connectivity index (χ0v) is 20.6. The molecule has 0 bridgehead atoms. The third-order valence-corrected chi connectivity index (χ3v) is 6.09. The van der Waals surface area contributed by atoms with Crippen LogP contribution >= 0.6 is 0 Å². The molecule has 1 atom stereocenters. The predicted molar refractivity (Wildman–Crippen MR) is 134 cm³/mol. The molecule has 1 aromatic heterocycles. The highest BCUT2D eigenvalue weighted by molar-refractivity contribution is 6.46. The summed E-state index contributed by atoms with van der Waals surface area (Å²) in [6.07, 6.45) is 3.28. The van der Waals surface area contributed by atoms with Crippen molar-refractivity contribution < 1.29 is 28.9 Å². The molecule has 1 aliphatic heterocycles. The molecule has 36 heavy (non-hydrogen) atoms. The lowest BCUT2D eigenvalue weighted by molar-refractivity contribution is -0.140. The highest BCUT2D eigenvalue weighted by Crippen LogP contribution is 2.43. The van der Waals surface area contributed by atoms with Gasteiger partial charge in [-0.1, -0.05) is 12.1 Å². The molecule has 8 nitrogen and oxygen atoms in total. The Labute approximate surface area is 209 Å². The lowest BCUT2D eigenvalue weighted by Crippen LogP contribution is -2.29. The highest BCUT2D eigenvalue weighted by Gasteiger charge is 2.46. The Balaban J connectivity index is 1.89. The Bertz CT molecular complexity index is 1320. The normalized spacial score (nSPS) is 16.8. The minimum Gasteiger partial charge on any atom is -0.507 e. The van der Waals surface area contributed by atoms with Crippen molar-refractivity contribution in [2.45, 2.75) is 26.4 Å². The fourth-order valence-corrected chi connectivity index (χ4v) is 4.39. The van der Waals surface area contributed by atoms with E-state index in [0.717, 1.165) is 11.1 Å². The van der Waals surface area contributed by atoms with Gasteiger partial charge < -0.3 is 24.2 Å². The first-order valence-electron chi connectivity index (χ1n) is 11.5. The van der Waals surface area contributed by atoms with E-state index in [-0.39, 0.29) is 17.9 Å². The van der Waals surface area contributed by atoms with Gasteiger partial charge in [-0.25, -0.2) is 0 Å². The monoisotopic (exact) mass is 488 g/mol. The molecule has 2 aromatic carbocycles. The van der Waals surface area contributed by atoms with Crippen molar-refractivity contribution in [3.05, 3.63) is 88.8 Å². The van der Waals surface area contributed by atoms with Crippen LogP contribution in [-0.2, 0) is 16.1 Å². The van der Waals surface area contributed by atoms with Gasteiger partial charge >= 0.3 is 0 Å². The number of likely N-dealkylation sites (tertiary alicyclic amines) is 1. The van der Waals surface area contributed by atoms with Gasteiger partial charge in [0.25, 0.3) is 11.7 Å². The van der Waals surface area contributed by atoms with Gasteiger partial charge in [-0.15, -0.1) is 0 Å². The van der Waals surface area contributed by atoms with Crippen LogP contribution in [-0.4, -0.2) is 47.5 Å². The number of rotatable bonds is 8. The Morgan fingerprint density at radius 3 is 2.42 bits per heavy atom. The Kier molecular flexibility index (Phi) is 7.24. The number of aliphatic hydroxyl groups excluding tert-OH is 1. The molecule has 1 amide bonds. The number of amides is 1. The Hall–Kier alpha value is -4.33. The lowest BCUT2D eigenvalue weighted by Gasteiger charge is -2.26. The maximum Gasteiger partial charge on any atom is 0.295 e. The molecule has 1 unspecified atom stereocenters. The Morgan fingerprint density at radius 2 is 1.78 bits per heavy atom. The van der Waals surface area contributed by atoms with Crippen LogP contribution in [0.1, 0.15) is 35.2 Å². The van der Waals surface area contributed by atoms with E-state index in [2.05, 4.69) is 4.98 Å². The van der Waals surface area contributed by atoms with Crippen molar-refractivity contribution in [1.82, 2.24) is 9.88 Å². The van der Waals surface area contributed by atoms with E-state index in [0.29, 0.717) is 35.0 Å². The largest absolute Gasteiger partial charge is 0.507 e. The molecule has 1 fully saturated rings. The topological polar surface area (TPSA) is 98.2 Å². The van der Waals surface area contributed by atoms with Gasteiger partial charge in [-0.05, 0) is 66.9 Å². The first kappa shape index (κ1) is 24.8. The molecule has 1 saturated heterocycles. The average Bonchev–Trinajstić information content (AvgIpc) is 3.14. The number of benzene rings is 2. The number of ether oxygens (including phenoxy) is 3. The summed E-state index contributed by atoms with van der Waals surface area (Å²) in [5, 5.41) is 11.3. The summed E-state index contributed by atoms with van der Waals surface area (Å²) >= 11 is 0. The smallest absolute Gasteiger partial charge is 0.295 e. The summed E-state index contributed by atoms with van der Waals surface area (Å²) in [4.78, 5) is 32.2. The minimum atomic E-state index is -0.850. The zero-order chi connectivity index (χ0) is 25.8. The van der Waals surface area contributed by atoms with E-state index in [1.165, 1.54) is 12.0 Å². The molecular formula is C28H28N2O6. The number of carbonyl (C=O) groups excluding carboxylic acids is 2. The first-order chi connectivity index (χ1) is 17.4. The number of aryl methyl sites for hydroxylation is 1. The molecule has 0 spiro atoms. The van der Waals surface area contributed by atoms with Gasteiger partial charge in [0.05, 0.1) is 32.4 Å². The number of aromatic nitrogens is 1. The third kappa shape index (κ3) is 4.62. The van der Waals surface area contributed by atoms with Crippen LogP contribution in [0.5, 0.6) is 17.2 Å². The predicted octanol–water partition coefficient (Wildman–Crippen LogP) is 4.43. The molecule has 1 aliphatic rings. The van der Waals surface area contributed by atoms with E-state index in [1.54, 1.807) is 62.0 Å². The van der Waals surface area contributed by atoms with Crippen molar-refractivity contribution in [2.24, 2.45) is 0 Å². The van der Waals surface area contributed by atoms with Crippen molar-refractivity contribution in [2.75, 3.05) is 20.8 Å². The average molecular weight is 489 g/mol. The van der Waals surface area contributed by atoms with Crippen LogP contribution in [0.15, 0.2) is 66.5 Å². The SMILES string of the molecule is CCOc1ccc(C2/C(=C(\O)c3ccc(OC)c(C)c3)C(=O)C(=O)N2Cc2cccnc2)cc1OC. The van der Waals surface area contributed by atoms with Crippen LogP contribution in [0.4, 0.5) is 0 Å². The zero-order valence-electron chi connectivity index (χ0n) is 20.6. The molecule has 8 heteroatoms. The molecule has 0 radical (unpaired) electrons. The lowest BCUT2D eigenvalue weighted by atomic mass is 9.94. The number of Topliss-reactive ketones (excluding diaryl/α,β-unsaturated/α-hetero) is 1. The number of ketones is 1. The van der Waals surface area contributed by atoms with Gasteiger partial charge in [-0.2, -0.15) is 0 Å². The van der Waals surface area contributed by atoms with Crippen LogP contribution in [0.2, 0.25) is 0 Å². The fourth-order valence-electron chi connectivity index (χ4n) is 4.39. The van der Waals surface area contributed by atoms with Gasteiger partial charge in [-0.3, -0.25) is 14.6 Å². The van der Waals surface area contributed by atoms with E-state index >= 15 is 0 Å². The standard InChI is InChI=1S/C28H28N2O6/c1-5-36-22-11-8-19(14-23(22)35-4)25-24(26(31)20-9-10-21(34-3)17(2)13-20)27(32)28(33)30(25)16-18-7-6-12-29-15-18/h6-15,25,31H,5,16H2,1-4H3/b26-24+. The summed E-state index contributed by atoms with van der Waals surface area (Å²) in [5.74, 6) is -0.0754. The second-order valence-corrected chi connectivity index (χ2v) is 8.32. The highest BCUT2D eigenvalue weighted by atomic mass is 16.5. The van der Waals surface area contributed by atoms with Gasteiger partial charge in [0.15, 0.2) is 11.5 Å². The van der Waals surface area contributed by atoms with Crippen molar-refractivity contribution >= 4 is 17.4 Å². The summed E-state index contributed by atoms with van der Waals surface area (Å²) in [6.45, 7) is 4.29. The van der Waals surface area contributed by atoms with Crippen molar-refractivity contribution in [3.63, 3.8) is 0 Å². The third-order valence-electron chi connectivity index (χ3n) is 6.09. The molecule has 2 heterocycles. The van der Waals surface area contributed by atoms with Gasteiger partial charge in [0.2, 0.25) is 0 Å². The molecule has 186 valence electrons. The first-order valence-corrected chi connectivity index (χ1v) is 11.5. The number of hydrogen-bond donors (Lipinski definition) is 1. The van der Waals surface area contributed by atoms with Crippen LogP contribution in [0.3, 0.4) is 0 Å². The number of carbonyl (C=O) groups is 2. The Morgan fingerprint density at radius 1 is 1.03 bits per heavy atom. The maximum atomic E-state index is 13.3. The van der Waals surface area contributed by atoms with Gasteiger partial charge in [0.1, 0.15) is 11.5 Å². The summed E-state index contributed by atoms with van der Waals surface area (Å²) in [7, 11) is 3.08. The molecule has 4 rings (SSSR count). The number of methoxy groups -OCH3 is 2. The second kappa shape index (κ2) is 10.5. The number of hydrogen-bond acceptors (Lipinski definition) is 7. The van der Waals surface area contributed by atoms with Crippen LogP contribution in [0.25, 0.3) is 5.76 Å². The van der Waals surface area contributed by atoms with Crippen molar-refractivity contribution in [1.29, 1.82) is 0 Å². The van der Waals surface area contributed by atoms with Crippen molar-refractivity contribution in [3.8, 4) is 17.2 Å². The molecule has 0 aliphatic carbocycles. The molecule has 0 saturated carbocycles. The summed E-state index contributed by atoms with van der Waals surface area (Å²) in [5.41, 5.74) is 2.55. The van der Waals surface area contributed by atoms with E-state index < -0.39 is 17.7 Å². The fraction of sp³-hybridized carbons (Fsp3) is 0.250. The summed E-state index contributed by atoms with van der Waals surface area (Å²) in [6, 6.07) is 13.1. The molecule has 3 aromatic rings. The number of pyridine rings is 1.